The summed E-state index contributed by atoms with van der Waals surface area (Å²) in [6.07, 6.45) is 2.17. The Morgan fingerprint density at radius 3 is 2.88 bits per heavy atom. The van der Waals surface area contributed by atoms with E-state index >= 15 is 0 Å². The highest BCUT2D eigenvalue weighted by Gasteiger charge is 1.96. The fraction of sp³-hybridized carbons (Fsp3) is 0.727. The Labute approximate surface area is 101 Å². The Bertz CT molecular complexity index is 279. The van der Waals surface area contributed by atoms with Crippen LogP contribution in [0.25, 0.3) is 0 Å². The number of methoxy groups -OCH3 is 1. The quantitative estimate of drug-likeness (QED) is 0.677. The van der Waals surface area contributed by atoms with Crippen molar-refractivity contribution in [2.24, 2.45) is 0 Å². The van der Waals surface area contributed by atoms with Crippen LogP contribution in [0, 0.1) is 6.92 Å². The third kappa shape index (κ3) is 6.05. The molecule has 0 atom stereocenters. The van der Waals surface area contributed by atoms with E-state index < -0.39 is 0 Å². The molecule has 0 aliphatic rings. The molecule has 1 rings (SSSR count). The van der Waals surface area contributed by atoms with Gasteiger partial charge in [0.1, 0.15) is 0 Å². The van der Waals surface area contributed by atoms with Gasteiger partial charge in [0.15, 0.2) is 5.13 Å². The summed E-state index contributed by atoms with van der Waals surface area (Å²) in [5, 5.41) is 6.36. The van der Waals surface area contributed by atoms with Crippen LogP contribution >= 0.6 is 11.3 Å². The molecular formula is C11H20N2O2S. The fourth-order valence-corrected chi connectivity index (χ4v) is 1.92. The molecule has 1 aromatic rings. The molecule has 0 unspecified atom stereocenters. The van der Waals surface area contributed by atoms with Crippen LogP contribution in [0.3, 0.4) is 0 Å². The number of nitrogens with zero attached hydrogens (tertiary/aromatic N) is 1. The van der Waals surface area contributed by atoms with Crippen LogP contribution in [-0.4, -0.2) is 38.5 Å². The van der Waals surface area contributed by atoms with Crippen molar-refractivity contribution in [1.29, 1.82) is 0 Å². The third-order valence-electron chi connectivity index (χ3n) is 2.04. The maximum atomic E-state index is 5.36. The van der Waals surface area contributed by atoms with Crippen molar-refractivity contribution in [2.45, 2.75) is 19.8 Å². The highest BCUT2D eigenvalue weighted by atomic mass is 32.1. The number of hydrogen-bond acceptors (Lipinski definition) is 5. The summed E-state index contributed by atoms with van der Waals surface area (Å²) >= 11 is 1.65. The van der Waals surface area contributed by atoms with Gasteiger partial charge in [-0.05, 0) is 19.8 Å². The lowest BCUT2D eigenvalue weighted by Gasteiger charge is -2.04. The van der Waals surface area contributed by atoms with Gasteiger partial charge in [0, 0.05) is 25.6 Å². The van der Waals surface area contributed by atoms with E-state index in [0.717, 1.165) is 36.8 Å². The first kappa shape index (κ1) is 13.4. The van der Waals surface area contributed by atoms with E-state index in [1.165, 1.54) is 0 Å². The van der Waals surface area contributed by atoms with E-state index in [2.05, 4.69) is 15.7 Å². The summed E-state index contributed by atoms with van der Waals surface area (Å²) in [6.45, 7) is 5.14. The van der Waals surface area contributed by atoms with Gasteiger partial charge in [-0.15, -0.1) is 11.3 Å². The van der Waals surface area contributed by atoms with Crippen LogP contribution in [-0.2, 0) is 9.47 Å². The number of hydrogen-bond donors (Lipinski definition) is 1. The zero-order valence-electron chi connectivity index (χ0n) is 9.99. The van der Waals surface area contributed by atoms with Crippen molar-refractivity contribution in [1.82, 2.24) is 4.98 Å². The molecule has 0 aromatic carbocycles. The van der Waals surface area contributed by atoms with Gasteiger partial charge in [0.2, 0.25) is 0 Å². The van der Waals surface area contributed by atoms with Gasteiger partial charge in [-0.2, -0.15) is 0 Å². The van der Waals surface area contributed by atoms with Crippen molar-refractivity contribution in [3.8, 4) is 0 Å². The van der Waals surface area contributed by atoms with Gasteiger partial charge in [-0.1, -0.05) is 0 Å². The molecule has 16 heavy (non-hydrogen) atoms. The summed E-state index contributed by atoms with van der Waals surface area (Å²) in [5.74, 6) is 0. The predicted molar refractivity (Wildman–Crippen MR) is 67.3 cm³/mol. The summed E-state index contributed by atoms with van der Waals surface area (Å²) in [5.41, 5.74) is 1.08. The van der Waals surface area contributed by atoms with Gasteiger partial charge in [-0.3, -0.25) is 0 Å². The van der Waals surface area contributed by atoms with Crippen molar-refractivity contribution in [3.63, 3.8) is 0 Å². The lowest BCUT2D eigenvalue weighted by molar-refractivity contribution is 0.0691. The van der Waals surface area contributed by atoms with E-state index in [-0.39, 0.29) is 0 Å². The van der Waals surface area contributed by atoms with Crippen molar-refractivity contribution in [2.75, 3.05) is 38.8 Å². The smallest absolute Gasteiger partial charge is 0.182 e. The SMILES string of the molecule is COCCOCCCCNc1nc(C)cs1. The Hall–Kier alpha value is -0.650. The Kier molecular flexibility index (Phi) is 7.12. The average molecular weight is 244 g/mol. The van der Waals surface area contributed by atoms with E-state index in [1.807, 2.05) is 6.92 Å². The second-order valence-electron chi connectivity index (χ2n) is 3.53. The molecule has 92 valence electrons. The first-order chi connectivity index (χ1) is 7.83. The first-order valence-corrected chi connectivity index (χ1v) is 6.43. The minimum absolute atomic E-state index is 0.677. The van der Waals surface area contributed by atoms with Gasteiger partial charge in [-0.25, -0.2) is 4.98 Å². The number of nitrogens with one attached hydrogen (secondary N) is 1. The standard InChI is InChI=1S/C11H20N2O2S/c1-10-9-16-11(13-10)12-5-3-4-6-15-8-7-14-2/h9H,3-8H2,1-2H3,(H,12,13). The molecule has 0 amide bonds. The Morgan fingerprint density at radius 1 is 1.31 bits per heavy atom. The highest BCUT2D eigenvalue weighted by molar-refractivity contribution is 7.13. The van der Waals surface area contributed by atoms with Crippen LogP contribution in [0.4, 0.5) is 5.13 Å². The molecule has 0 aliphatic carbocycles. The second-order valence-corrected chi connectivity index (χ2v) is 4.39. The molecule has 0 aliphatic heterocycles. The van der Waals surface area contributed by atoms with Gasteiger partial charge in [0.25, 0.3) is 0 Å². The topological polar surface area (TPSA) is 43.4 Å². The average Bonchev–Trinajstić information content (AvgIpc) is 2.68. The molecule has 4 nitrogen and oxygen atoms in total. The minimum atomic E-state index is 0.677. The molecule has 0 bridgehead atoms. The maximum absolute atomic E-state index is 5.36. The zero-order valence-corrected chi connectivity index (χ0v) is 10.8. The van der Waals surface area contributed by atoms with Crippen molar-refractivity contribution >= 4 is 16.5 Å². The Morgan fingerprint density at radius 2 is 2.19 bits per heavy atom. The predicted octanol–water partition coefficient (Wildman–Crippen LogP) is 2.31. The molecule has 5 heteroatoms. The number of unbranched alkanes of at least 4 members (excludes halogenated alkanes) is 1. The zero-order chi connectivity index (χ0) is 11.6. The molecule has 1 heterocycles. The number of rotatable bonds is 9. The lowest BCUT2D eigenvalue weighted by atomic mass is 10.3. The molecule has 1 aromatic heterocycles. The minimum Gasteiger partial charge on any atom is -0.382 e. The first-order valence-electron chi connectivity index (χ1n) is 5.55. The summed E-state index contributed by atoms with van der Waals surface area (Å²) < 4.78 is 10.3. The van der Waals surface area contributed by atoms with Crippen LogP contribution < -0.4 is 5.32 Å². The number of aryl methyl sites for hydroxylation is 1. The Balaban J connectivity index is 1.88. The molecule has 0 saturated heterocycles. The van der Waals surface area contributed by atoms with Crippen LogP contribution in [0.15, 0.2) is 5.38 Å². The molecule has 1 N–H and O–H groups in total. The molecule has 0 radical (unpaired) electrons. The molecule has 0 fully saturated rings. The maximum Gasteiger partial charge on any atom is 0.182 e. The van der Waals surface area contributed by atoms with Crippen LogP contribution in [0.2, 0.25) is 0 Å². The van der Waals surface area contributed by atoms with Crippen LogP contribution in [0.1, 0.15) is 18.5 Å². The molecule has 0 saturated carbocycles. The lowest BCUT2D eigenvalue weighted by Crippen LogP contribution is -2.06. The van der Waals surface area contributed by atoms with E-state index in [0.29, 0.717) is 13.2 Å². The van der Waals surface area contributed by atoms with E-state index in [1.54, 1.807) is 18.4 Å². The highest BCUT2D eigenvalue weighted by Crippen LogP contribution is 2.13. The third-order valence-corrected chi connectivity index (χ3v) is 2.96. The summed E-state index contributed by atoms with van der Waals surface area (Å²) in [6, 6.07) is 0. The van der Waals surface area contributed by atoms with Gasteiger partial charge < -0.3 is 14.8 Å². The van der Waals surface area contributed by atoms with Crippen LogP contribution in [0.5, 0.6) is 0 Å². The largest absolute Gasteiger partial charge is 0.382 e. The number of aromatic nitrogens is 1. The van der Waals surface area contributed by atoms with Gasteiger partial charge in [0.05, 0.1) is 18.9 Å². The summed E-state index contributed by atoms with van der Waals surface area (Å²) in [7, 11) is 1.68. The van der Waals surface area contributed by atoms with Crippen molar-refractivity contribution in [3.05, 3.63) is 11.1 Å². The van der Waals surface area contributed by atoms with Crippen molar-refractivity contribution < 1.29 is 9.47 Å². The van der Waals surface area contributed by atoms with E-state index in [9.17, 15) is 0 Å². The normalized spacial score (nSPS) is 10.6. The van der Waals surface area contributed by atoms with E-state index in [4.69, 9.17) is 9.47 Å². The number of anilines is 1. The molecule has 0 spiro atoms. The number of ether oxygens (including phenoxy) is 2. The summed E-state index contributed by atoms with van der Waals surface area (Å²) in [4.78, 5) is 4.33. The second kappa shape index (κ2) is 8.50. The monoisotopic (exact) mass is 244 g/mol. The fourth-order valence-electron chi connectivity index (χ4n) is 1.20. The molecular weight excluding hydrogens is 224 g/mol. The number of thiazole rings is 1. The van der Waals surface area contributed by atoms with Gasteiger partial charge >= 0.3 is 0 Å².